The third-order valence-electron chi connectivity index (χ3n) is 5.17. The van der Waals surface area contributed by atoms with Gasteiger partial charge in [-0.3, -0.25) is 0 Å². The van der Waals surface area contributed by atoms with Gasteiger partial charge in [-0.2, -0.15) is 0 Å². The molecule has 5 rings (SSSR count). The molecular formula is C24H21F3N4O3. The second-order valence-corrected chi connectivity index (χ2v) is 7.81. The lowest BCUT2D eigenvalue weighted by atomic mass is 10.2. The number of fused-ring (bicyclic) bond motifs is 1. The molecule has 7 nitrogen and oxygen atoms in total. The zero-order valence-corrected chi connectivity index (χ0v) is 17.9. The molecule has 1 aliphatic rings. The zero-order valence-electron chi connectivity index (χ0n) is 17.9. The largest absolute Gasteiger partial charge is 0.573 e. The van der Waals surface area contributed by atoms with Crippen LogP contribution in [0.1, 0.15) is 5.56 Å². The van der Waals surface area contributed by atoms with Gasteiger partial charge in [0.25, 0.3) is 0 Å². The van der Waals surface area contributed by atoms with Crippen molar-refractivity contribution in [1.82, 2.24) is 9.97 Å². The third kappa shape index (κ3) is 5.52. The van der Waals surface area contributed by atoms with Crippen molar-refractivity contribution in [2.24, 2.45) is 0 Å². The topological polar surface area (TPSA) is 80.4 Å². The van der Waals surface area contributed by atoms with Crippen LogP contribution in [0.3, 0.4) is 0 Å². The van der Waals surface area contributed by atoms with Crippen molar-refractivity contribution in [3.63, 3.8) is 0 Å². The maximum absolute atomic E-state index is 12.3. The summed E-state index contributed by atoms with van der Waals surface area (Å²) >= 11 is 0. The zero-order chi connectivity index (χ0) is 23.5. The number of benzene rings is 3. The predicted molar refractivity (Wildman–Crippen MR) is 121 cm³/mol. The minimum absolute atomic E-state index is 0.299. The van der Waals surface area contributed by atoms with Crippen LogP contribution in [0.5, 0.6) is 17.2 Å². The van der Waals surface area contributed by atoms with Crippen molar-refractivity contribution >= 4 is 22.7 Å². The summed E-state index contributed by atoms with van der Waals surface area (Å²) in [5.74, 6) is 1.34. The molecule has 0 bridgehead atoms. The van der Waals surface area contributed by atoms with Gasteiger partial charge < -0.3 is 29.8 Å². The second kappa shape index (κ2) is 9.14. The molecule has 3 N–H and O–H groups in total. The quantitative estimate of drug-likeness (QED) is 0.308. The summed E-state index contributed by atoms with van der Waals surface area (Å²) in [5.41, 5.74) is 3.83. The van der Waals surface area contributed by atoms with E-state index in [2.05, 4.69) is 25.3 Å². The molecule has 34 heavy (non-hydrogen) atoms. The summed E-state index contributed by atoms with van der Waals surface area (Å²) in [6.45, 7) is 2.00. The Morgan fingerprint density at radius 2 is 1.62 bits per heavy atom. The Morgan fingerprint density at radius 1 is 0.941 bits per heavy atom. The van der Waals surface area contributed by atoms with Crippen molar-refractivity contribution in [3.8, 4) is 17.2 Å². The minimum Gasteiger partial charge on any atom is -0.457 e. The van der Waals surface area contributed by atoms with E-state index in [1.54, 1.807) is 12.1 Å². The number of H-pyrrole nitrogens is 1. The van der Waals surface area contributed by atoms with Crippen LogP contribution in [0.4, 0.5) is 24.8 Å². The van der Waals surface area contributed by atoms with E-state index in [1.165, 1.54) is 24.3 Å². The van der Waals surface area contributed by atoms with Crippen molar-refractivity contribution in [1.29, 1.82) is 0 Å². The lowest BCUT2D eigenvalue weighted by molar-refractivity contribution is -0.274. The van der Waals surface area contributed by atoms with E-state index in [0.717, 1.165) is 35.5 Å². The van der Waals surface area contributed by atoms with Gasteiger partial charge in [0, 0.05) is 12.2 Å². The van der Waals surface area contributed by atoms with Crippen LogP contribution in [-0.2, 0) is 11.3 Å². The van der Waals surface area contributed by atoms with Crippen molar-refractivity contribution in [2.75, 3.05) is 23.8 Å². The number of aromatic nitrogens is 2. The van der Waals surface area contributed by atoms with Crippen molar-refractivity contribution in [2.45, 2.75) is 18.9 Å². The molecule has 0 aliphatic carbocycles. The Hall–Kier alpha value is -3.92. The molecule has 176 valence electrons. The lowest BCUT2D eigenvalue weighted by Crippen LogP contribution is -2.40. The van der Waals surface area contributed by atoms with E-state index >= 15 is 0 Å². The molecule has 3 aromatic carbocycles. The molecule has 0 radical (unpaired) electrons. The average molecular weight is 470 g/mol. The van der Waals surface area contributed by atoms with Gasteiger partial charge in [-0.25, -0.2) is 4.98 Å². The highest BCUT2D eigenvalue weighted by Crippen LogP contribution is 2.27. The Labute approximate surface area is 192 Å². The SMILES string of the molecule is FC(F)(F)Oc1ccc(Oc2ccc(CNc3nc4ccc(NC5COC5)cc4[nH]3)cc2)cc1. The molecule has 0 spiro atoms. The number of halogens is 3. The molecule has 1 aliphatic heterocycles. The molecule has 0 atom stereocenters. The van der Waals surface area contributed by atoms with Crippen LogP contribution in [0.25, 0.3) is 11.0 Å². The lowest BCUT2D eigenvalue weighted by Gasteiger charge is -2.27. The molecule has 0 amide bonds. The standard InChI is InChI=1S/C24H21F3N4O3/c25-24(26,27)34-20-8-6-19(7-9-20)33-18-4-1-15(2-5-18)12-28-23-30-21-10-3-16(11-22(21)31-23)29-17-13-32-14-17/h1-11,17,29H,12-14H2,(H2,28,30,31). The smallest absolute Gasteiger partial charge is 0.457 e. The van der Waals surface area contributed by atoms with Gasteiger partial charge in [-0.15, -0.1) is 13.2 Å². The number of nitrogens with zero attached hydrogens (tertiary/aromatic N) is 1. The van der Waals surface area contributed by atoms with E-state index in [-0.39, 0.29) is 5.75 Å². The first-order chi connectivity index (χ1) is 16.4. The van der Waals surface area contributed by atoms with Gasteiger partial charge in [-0.1, -0.05) is 12.1 Å². The molecule has 0 unspecified atom stereocenters. The highest BCUT2D eigenvalue weighted by molar-refractivity contribution is 5.81. The van der Waals surface area contributed by atoms with Crippen LogP contribution in [0.15, 0.2) is 66.7 Å². The van der Waals surface area contributed by atoms with Crippen LogP contribution in [-0.4, -0.2) is 35.6 Å². The number of hydrogen-bond donors (Lipinski definition) is 3. The number of rotatable bonds is 8. The van der Waals surface area contributed by atoms with Gasteiger partial charge in [0.15, 0.2) is 0 Å². The normalized spacial score (nSPS) is 14.0. The van der Waals surface area contributed by atoms with Gasteiger partial charge in [0.1, 0.15) is 17.2 Å². The fourth-order valence-electron chi connectivity index (χ4n) is 3.44. The summed E-state index contributed by atoms with van der Waals surface area (Å²) in [4.78, 5) is 7.84. The van der Waals surface area contributed by atoms with E-state index in [4.69, 9.17) is 9.47 Å². The van der Waals surface area contributed by atoms with Crippen molar-refractivity contribution in [3.05, 3.63) is 72.3 Å². The van der Waals surface area contributed by atoms with Crippen LogP contribution in [0.2, 0.25) is 0 Å². The number of ether oxygens (including phenoxy) is 3. The van der Waals surface area contributed by atoms with E-state index in [9.17, 15) is 13.2 Å². The first kappa shape index (κ1) is 21.9. The Morgan fingerprint density at radius 3 is 2.26 bits per heavy atom. The molecule has 2 heterocycles. The molecule has 10 heteroatoms. The van der Waals surface area contributed by atoms with Gasteiger partial charge in [0.2, 0.25) is 5.95 Å². The fourth-order valence-corrected chi connectivity index (χ4v) is 3.44. The van der Waals surface area contributed by atoms with Gasteiger partial charge in [-0.05, 0) is 60.2 Å². The van der Waals surface area contributed by atoms with Crippen LogP contribution in [0, 0.1) is 0 Å². The average Bonchev–Trinajstić information content (AvgIpc) is 3.18. The number of nitrogens with one attached hydrogen (secondary N) is 3. The molecule has 1 fully saturated rings. The predicted octanol–water partition coefficient (Wildman–Crippen LogP) is 5.68. The molecule has 0 saturated carbocycles. The summed E-state index contributed by atoms with van der Waals surface area (Å²) in [5, 5.41) is 6.69. The van der Waals surface area contributed by atoms with E-state index in [1.807, 2.05) is 30.3 Å². The van der Waals surface area contributed by atoms with Crippen molar-refractivity contribution < 1.29 is 27.4 Å². The Balaban J connectivity index is 1.15. The van der Waals surface area contributed by atoms with Crippen LogP contribution < -0.4 is 20.1 Å². The Bertz CT molecular complexity index is 1250. The summed E-state index contributed by atoms with van der Waals surface area (Å²) in [6.07, 6.45) is -4.72. The third-order valence-corrected chi connectivity index (χ3v) is 5.17. The molecular weight excluding hydrogens is 449 g/mol. The minimum atomic E-state index is -4.72. The number of imidazole rings is 1. The first-order valence-electron chi connectivity index (χ1n) is 10.6. The monoisotopic (exact) mass is 470 g/mol. The number of alkyl halides is 3. The molecule has 1 saturated heterocycles. The summed E-state index contributed by atoms with van der Waals surface area (Å²) < 4.78 is 51.5. The molecule has 1 aromatic heterocycles. The maximum Gasteiger partial charge on any atom is 0.573 e. The summed E-state index contributed by atoms with van der Waals surface area (Å²) in [7, 11) is 0. The first-order valence-corrected chi connectivity index (χ1v) is 10.6. The van der Waals surface area contributed by atoms with Gasteiger partial charge >= 0.3 is 6.36 Å². The fraction of sp³-hybridized carbons (Fsp3) is 0.208. The number of aromatic amines is 1. The van der Waals surface area contributed by atoms with E-state index < -0.39 is 6.36 Å². The number of anilines is 2. The summed E-state index contributed by atoms with van der Waals surface area (Å²) in [6, 6.07) is 19.0. The second-order valence-electron chi connectivity index (χ2n) is 7.81. The molecule has 4 aromatic rings. The Kier molecular flexibility index (Phi) is 5.89. The highest BCUT2D eigenvalue weighted by atomic mass is 19.4. The highest BCUT2D eigenvalue weighted by Gasteiger charge is 2.31. The maximum atomic E-state index is 12.3. The number of hydrogen-bond acceptors (Lipinski definition) is 6. The van der Waals surface area contributed by atoms with Gasteiger partial charge in [0.05, 0.1) is 30.3 Å². The van der Waals surface area contributed by atoms with Crippen LogP contribution >= 0.6 is 0 Å². The van der Waals surface area contributed by atoms with E-state index in [0.29, 0.717) is 30.0 Å².